The van der Waals surface area contributed by atoms with Gasteiger partial charge in [-0.3, -0.25) is 5.32 Å². The van der Waals surface area contributed by atoms with E-state index < -0.39 is 0 Å². The zero-order valence-electron chi connectivity index (χ0n) is 15.1. The Kier molecular flexibility index (Phi) is 6.30. The molecule has 0 saturated heterocycles. The van der Waals surface area contributed by atoms with Crippen LogP contribution in [0.25, 0.3) is 0 Å². The van der Waals surface area contributed by atoms with Crippen molar-refractivity contribution in [1.82, 2.24) is 10.3 Å². The number of carbonyl (C=O) groups is 1. The largest absolute Gasteiger partial charge is 0.492 e. The van der Waals surface area contributed by atoms with Crippen LogP contribution in [0.3, 0.4) is 0 Å². The number of hydrogen-bond donors (Lipinski definition) is 3. The summed E-state index contributed by atoms with van der Waals surface area (Å²) in [6.45, 7) is 2.56. The first-order valence-corrected chi connectivity index (χ1v) is 9.27. The number of benzene rings is 1. The van der Waals surface area contributed by atoms with E-state index in [1.165, 1.54) is 19.3 Å². The van der Waals surface area contributed by atoms with Gasteiger partial charge in [0.15, 0.2) is 0 Å². The van der Waals surface area contributed by atoms with Crippen molar-refractivity contribution in [3.05, 3.63) is 42.6 Å². The van der Waals surface area contributed by atoms with E-state index in [9.17, 15) is 4.79 Å². The molecule has 1 aromatic carbocycles. The molecule has 0 radical (unpaired) electrons. The van der Waals surface area contributed by atoms with Gasteiger partial charge in [-0.15, -0.1) is 0 Å². The summed E-state index contributed by atoms with van der Waals surface area (Å²) in [5.41, 5.74) is 1.71. The van der Waals surface area contributed by atoms with Crippen LogP contribution in [0, 0.1) is 0 Å². The number of rotatable bonds is 6. The Bertz CT molecular complexity index is 712. The molecule has 1 aromatic heterocycles. The molecular formula is C20H26N4O2. The number of nitrogens with one attached hydrogen (secondary N) is 3. The van der Waals surface area contributed by atoms with Crippen LogP contribution in [0.4, 0.5) is 22.0 Å². The fraction of sp³-hybridized carbons (Fsp3) is 0.400. The summed E-state index contributed by atoms with van der Waals surface area (Å²) in [7, 11) is 0. The van der Waals surface area contributed by atoms with Crippen molar-refractivity contribution >= 4 is 23.2 Å². The maximum atomic E-state index is 12.1. The molecule has 3 rings (SSSR count). The van der Waals surface area contributed by atoms with Crippen LogP contribution < -0.4 is 20.7 Å². The SMILES string of the molecule is CCOc1ccccc1Nc1ccc(NC(=O)NC2CCCCC2)nc1. The highest BCUT2D eigenvalue weighted by Crippen LogP contribution is 2.27. The molecule has 138 valence electrons. The molecule has 6 nitrogen and oxygen atoms in total. The van der Waals surface area contributed by atoms with Gasteiger partial charge in [-0.25, -0.2) is 9.78 Å². The van der Waals surface area contributed by atoms with Gasteiger partial charge in [-0.05, 0) is 44.0 Å². The van der Waals surface area contributed by atoms with Crippen molar-refractivity contribution in [2.24, 2.45) is 0 Å². The number of aromatic nitrogens is 1. The second kappa shape index (κ2) is 9.08. The van der Waals surface area contributed by atoms with Crippen molar-refractivity contribution in [1.29, 1.82) is 0 Å². The maximum Gasteiger partial charge on any atom is 0.320 e. The monoisotopic (exact) mass is 354 g/mol. The van der Waals surface area contributed by atoms with Gasteiger partial charge < -0.3 is 15.4 Å². The van der Waals surface area contributed by atoms with Crippen molar-refractivity contribution < 1.29 is 9.53 Å². The van der Waals surface area contributed by atoms with Gasteiger partial charge in [-0.2, -0.15) is 0 Å². The molecule has 1 fully saturated rings. The number of nitrogens with zero attached hydrogens (tertiary/aromatic N) is 1. The van der Waals surface area contributed by atoms with Gasteiger partial charge in [0.1, 0.15) is 11.6 Å². The average Bonchev–Trinajstić information content (AvgIpc) is 2.66. The van der Waals surface area contributed by atoms with Gasteiger partial charge in [0.25, 0.3) is 0 Å². The van der Waals surface area contributed by atoms with Crippen LogP contribution in [0.2, 0.25) is 0 Å². The number of anilines is 3. The molecule has 3 N–H and O–H groups in total. The number of hydrogen-bond acceptors (Lipinski definition) is 4. The summed E-state index contributed by atoms with van der Waals surface area (Å²) in [4.78, 5) is 16.4. The van der Waals surface area contributed by atoms with E-state index in [4.69, 9.17) is 4.74 Å². The van der Waals surface area contributed by atoms with E-state index in [-0.39, 0.29) is 12.1 Å². The third-order valence-electron chi connectivity index (χ3n) is 4.41. The molecule has 1 saturated carbocycles. The molecular weight excluding hydrogens is 328 g/mol. The first-order chi connectivity index (χ1) is 12.7. The third-order valence-corrected chi connectivity index (χ3v) is 4.41. The van der Waals surface area contributed by atoms with E-state index in [2.05, 4.69) is 20.9 Å². The summed E-state index contributed by atoms with van der Waals surface area (Å²) in [6.07, 6.45) is 7.45. The summed E-state index contributed by atoms with van der Waals surface area (Å²) in [5.74, 6) is 1.33. The van der Waals surface area contributed by atoms with E-state index in [1.54, 1.807) is 12.3 Å². The lowest BCUT2D eigenvalue weighted by molar-refractivity contribution is 0.244. The molecule has 1 aliphatic carbocycles. The lowest BCUT2D eigenvalue weighted by atomic mass is 9.96. The normalized spacial score (nSPS) is 14.5. The first-order valence-electron chi connectivity index (χ1n) is 9.27. The fourth-order valence-electron chi connectivity index (χ4n) is 3.13. The summed E-state index contributed by atoms with van der Waals surface area (Å²) in [5, 5.41) is 9.11. The predicted octanol–water partition coefficient (Wildman–Crippen LogP) is 4.68. The minimum Gasteiger partial charge on any atom is -0.492 e. The van der Waals surface area contributed by atoms with E-state index >= 15 is 0 Å². The smallest absolute Gasteiger partial charge is 0.320 e. The van der Waals surface area contributed by atoms with Gasteiger partial charge in [-0.1, -0.05) is 31.4 Å². The molecule has 0 aliphatic heterocycles. The third kappa shape index (κ3) is 5.12. The lowest BCUT2D eigenvalue weighted by Gasteiger charge is -2.22. The quantitative estimate of drug-likeness (QED) is 0.704. The molecule has 2 amide bonds. The minimum absolute atomic E-state index is 0.188. The summed E-state index contributed by atoms with van der Waals surface area (Å²) >= 11 is 0. The van der Waals surface area contributed by atoms with Crippen molar-refractivity contribution in [2.75, 3.05) is 17.2 Å². The summed E-state index contributed by atoms with van der Waals surface area (Å²) in [6, 6.07) is 11.5. The van der Waals surface area contributed by atoms with Crippen LogP contribution in [-0.4, -0.2) is 23.7 Å². The van der Waals surface area contributed by atoms with E-state index in [1.807, 2.05) is 37.3 Å². The molecule has 26 heavy (non-hydrogen) atoms. The molecule has 0 spiro atoms. The van der Waals surface area contributed by atoms with Crippen LogP contribution in [-0.2, 0) is 0 Å². The number of para-hydroxylation sites is 2. The van der Waals surface area contributed by atoms with Crippen molar-refractivity contribution in [3.63, 3.8) is 0 Å². The molecule has 0 atom stereocenters. The van der Waals surface area contributed by atoms with Crippen LogP contribution in [0.15, 0.2) is 42.6 Å². The maximum absolute atomic E-state index is 12.1. The Balaban J connectivity index is 1.55. The minimum atomic E-state index is -0.188. The van der Waals surface area contributed by atoms with Crippen LogP contribution in [0.1, 0.15) is 39.0 Å². The number of urea groups is 1. The molecule has 1 heterocycles. The molecule has 0 unspecified atom stereocenters. The summed E-state index contributed by atoms with van der Waals surface area (Å²) < 4.78 is 5.61. The van der Waals surface area contributed by atoms with Gasteiger partial charge in [0.05, 0.1) is 24.2 Å². The zero-order chi connectivity index (χ0) is 18.2. The zero-order valence-corrected chi connectivity index (χ0v) is 15.1. The standard InChI is InChI=1S/C20H26N4O2/c1-2-26-18-11-7-6-10-17(18)22-16-12-13-19(21-14-16)24-20(25)23-15-8-4-3-5-9-15/h6-7,10-15,22H,2-5,8-9H2,1H3,(H2,21,23,24,25). The fourth-order valence-corrected chi connectivity index (χ4v) is 3.13. The number of amides is 2. The Morgan fingerprint density at radius 1 is 1.15 bits per heavy atom. The Hall–Kier alpha value is -2.76. The molecule has 1 aliphatic rings. The van der Waals surface area contributed by atoms with Crippen LogP contribution >= 0.6 is 0 Å². The van der Waals surface area contributed by atoms with E-state index in [0.717, 1.165) is 30.0 Å². The Labute approximate surface area is 154 Å². The lowest BCUT2D eigenvalue weighted by Crippen LogP contribution is -2.39. The van der Waals surface area contributed by atoms with Gasteiger partial charge in [0.2, 0.25) is 0 Å². The highest BCUT2D eigenvalue weighted by Gasteiger charge is 2.15. The topological polar surface area (TPSA) is 75.3 Å². The second-order valence-electron chi connectivity index (χ2n) is 6.42. The Morgan fingerprint density at radius 2 is 1.96 bits per heavy atom. The molecule has 2 aromatic rings. The second-order valence-corrected chi connectivity index (χ2v) is 6.42. The molecule has 6 heteroatoms. The van der Waals surface area contributed by atoms with Gasteiger partial charge >= 0.3 is 6.03 Å². The average molecular weight is 354 g/mol. The number of pyridine rings is 1. The van der Waals surface area contributed by atoms with Gasteiger partial charge in [0, 0.05) is 6.04 Å². The molecule has 0 bridgehead atoms. The Morgan fingerprint density at radius 3 is 2.69 bits per heavy atom. The van der Waals surface area contributed by atoms with Crippen LogP contribution in [0.5, 0.6) is 5.75 Å². The highest BCUT2D eigenvalue weighted by molar-refractivity contribution is 5.88. The predicted molar refractivity (Wildman–Crippen MR) is 104 cm³/mol. The van der Waals surface area contributed by atoms with Crippen molar-refractivity contribution in [2.45, 2.75) is 45.1 Å². The first kappa shape index (κ1) is 18.0. The number of carbonyl (C=O) groups excluding carboxylic acids is 1. The van der Waals surface area contributed by atoms with Crippen molar-refractivity contribution in [3.8, 4) is 5.75 Å². The van der Waals surface area contributed by atoms with E-state index in [0.29, 0.717) is 12.4 Å². The number of ether oxygens (including phenoxy) is 1. The highest BCUT2D eigenvalue weighted by atomic mass is 16.5.